The number of hydrogen-bond acceptors (Lipinski definition) is 1. The molecule has 0 aliphatic heterocycles. The van der Waals surface area contributed by atoms with Crippen LogP contribution in [0.1, 0.15) is 29.2 Å². The Hall–Kier alpha value is -1.34. The van der Waals surface area contributed by atoms with Crippen LogP contribution < -0.4 is 5.32 Å². The smallest absolute Gasteiger partial charge is 0.0297 e. The molecule has 3 rings (SSSR count). The van der Waals surface area contributed by atoms with Crippen molar-refractivity contribution in [1.82, 2.24) is 5.32 Å². The lowest BCUT2D eigenvalue weighted by Gasteiger charge is -2.28. The molecule has 1 nitrogen and oxygen atoms in total. The summed E-state index contributed by atoms with van der Waals surface area (Å²) in [6.07, 6.45) is 10.3. The Morgan fingerprint density at radius 1 is 1.35 bits per heavy atom. The minimum Gasteiger partial charge on any atom is -0.313 e. The van der Waals surface area contributed by atoms with Gasteiger partial charge in [-0.3, -0.25) is 0 Å². The lowest BCUT2D eigenvalue weighted by molar-refractivity contribution is 0.653. The molecule has 0 heterocycles. The molecule has 0 aromatic heterocycles. The first-order valence-electron chi connectivity index (χ1n) is 6.53. The molecule has 0 radical (unpaired) electrons. The number of nitrogens with one attached hydrogen (secondary N) is 1. The summed E-state index contributed by atoms with van der Waals surface area (Å²) in [5.41, 5.74) is 7.54. The average molecular weight is 225 g/mol. The van der Waals surface area contributed by atoms with Gasteiger partial charge in [0, 0.05) is 6.04 Å². The molecule has 0 bridgehead atoms. The van der Waals surface area contributed by atoms with Gasteiger partial charge in [-0.15, -0.1) is 0 Å². The van der Waals surface area contributed by atoms with Crippen molar-refractivity contribution in [3.63, 3.8) is 0 Å². The van der Waals surface area contributed by atoms with Crippen LogP contribution in [-0.4, -0.2) is 13.1 Å². The second kappa shape index (κ2) is 4.15. The van der Waals surface area contributed by atoms with Gasteiger partial charge in [0.1, 0.15) is 0 Å². The average Bonchev–Trinajstić information content (AvgIpc) is 2.39. The van der Waals surface area contributed by atoms with E-state index in [1.807, 2.05) is 0 Å². The summed E-state index contributed by atoms with van der Waals surface area (Å²) in [6.45, 7) is 2.25. The van der Waals surface area contributed by atoms with Crippen LogP contribution in [0.5, 0.6) is 0 Å². The predicted molar refractivity (Wildman–Crippen MR) is 73.2 cm³/mol. The van der Waals surface area contributed by atoms with Crippen molar-refractivity contribution in [3.05, 3.63) is 52.6 Å². The fourth-order valence-electron chi connectivity index (χ4n) is 3.05. The molecule has 1 unspecified atom stereocenters. The Balaban J connectivity index is 2.21. The topological polar surface area (TPSA) is 12.0 Å². The van der Waals surface area contributed by atoms with Gasteiger partial charge in [0.05, 0.1) is 0 Å². The van der Waals surface area contributed by atoms with Crippen molar-refractivity contribution < 1.29 is 0 Å². The van der Waals surface area contributed by atoms with Gasteiger partial charge in [0.15, 0.2) is 0 Å². The van der Waals surface area contributed by atoms with E-state index in [4.69, 9.17) is 0 Å². The SMILES string of the molecule is CCc1ccc2c3c1CC(NC)C=C3C=CC2. The maximum atomic E-state index is 3.39. The van der Waals surface area contributed by atoms with Gasteiger partial charge < -0.3 is 5.32 Å². The summed E-state index contributed by atoms with van der Waals surface area (Å²) in [6, 6.07) is 5.12. The Morgan fingerprint density at radius 3 is 3.00 bits per heavy atom. The highest BCUT2D eigenvalue weighted by atomic mass is 14.9. The first kappa shape index (κ1) is 10.8. The van der Waals surface area contributed by atoms with E-state index in [0.717, 1.165) is 19.3 Å². The standard InChI is InChI=1S/C16H19N/c1-3-11-7-8-12-5-4-6-13-9-14(17-2)10-15(11)16(12)13/h4,6-9,14,17H,3,5,10H2,1-2H3. The Labute approximate surface area is 103 Å². The van der Waals surface area contributed by atoms with Gasteiger partial charge in [0.2, 0.25) is 0 Å². The second-order valence-electron chi connectivity index (χ2n) is 4.92. The van der Waals surface area contributed by atoms with E-state index in [-0.39, 0.29) is 0 Å². The molecule has 2 aliphatic rings. The second-order valence-corrected chi connectivity index (χ2v) is 4.92. The highest BCUT2D eigenvalue weighted by molar-refractivity contribution is 5.82. The predicted octanol–water partition coefficient (Wildman–Crippen LogP) is 2.89. The monoisotopic (exact) mass is 225 g/mol. The molecule has 0 amide bonds. The van der Waals surface area contributed by atoms with Crippen LogP contribution in [0.2, 0.25) is 0 Å². The zero-order valence-corrected chi connectivity index (χ0v) is 10.6. The summed E-state index contributed by atoms with van der Waals surface area (Å²) in [5, 5.41) is 3.39. The van der Waals surface area contributed by atoms with Gasteiger partial charge in [-0.05, 0) is 54.1 Å². The van der Waals surface area contributed by atoms with Gasteiger partial charge >= 0.3 is 0 Å². The summed E-state index contributed by atoms with van der Waals surface area (Å²) < 4.78 is 0. The zero-order valence-electron chi connectivity index (χ0n) is 10.6. The van der Waals surface area contributed by atoms with E-state index < -0.39 is 0 Å². The molecule has 0 saturated carbocycles. The van der Waals surface area contributed by atoms with Crippen molar-refractivity contribution in [2.24, 2.45) is 0 Å². The van der Waals surface area contributed by atoms with Crippen LogP contribution >= 0.6 is 0 Å². The number of hydrogen-bond donors (Lipinski definition) is 1. The molecule has 0 spiro atoms. The molecule has 2 aliphatic carbocycles. The molecule has 0 fully saturated rings. The van der Waals surface area contributed by atoms with Crippen LogP contribution in [0.15, 0.2) is 30.4 Å². The van der Waals surface area contributed by atoms with Crippen molar-refractivity contribution in [2.45, 2.75) is 32.2 Å². The molecule has 1 aromatic rings. The van der Waals surface area contributed by atoms with Gasteiger partial charge in [0.25, 0.3) is 0 Å². The molecule has 88 valence electrons. The third-order valence-electron chi connectivity index (χ3n) is 3.98. The van der Waals surface area contributed by atoms with Crippen molar-refractivity contribution in [2.75, 3.05) is 7.05 Å². The number of aryl methyl sites for hydroxylation is 1. The molecular weight excluding hydrogens is 206 g/mol. The molecule has 1 N–H and O–H groups in total. The minimum absolute atomic E-state index is 0.487. The van der Waals surface area contributed by atoms with Crippen molar-refractivity contribution in [1.29, 1.82) is 0 Å². The van der Waals surface area contributed by atoms with Crippen LogP contribution in [0.4, 0.5) is 0 Å². The number of allylic oxidation sites excluding steroid dienone is 3. The fraction of sp³-hybridized carbons (Fsp3) is 0.375. The van der Waals surface area contributed by atoms with Crippen LogP contribution in [0.25, 0.3) is 5.57 Å². The maximum absolute atomic E-state index is 3.39. The summed E-state index contributed by atoms with van der Waals surface area (Å²) in [7, 11) is 2.05. The zero-order chi connectivity index (χ0) is 11.8. The maximum Gasteiger partial charge on any atom is 0.0297 e. The minimum atomic E-state index is 0.487. The third kappa shape index (κ3) is 1.66. The molecular formula is C16H19N. The van der Waals surface area contributed by atoms with E-state index in [1.165, 1.54) is 22.3 Å². The number of rotatable bonds is 2. The lowest BCUT2D eigenvalue weighted by atomic mass is 9.79. The first-order valence-corrected chi connectivity index (χ1v) is 6.53. The van der Waals surface area contributed by atoms with E-state index >= 15 is 0 Å². The summed E-state index contributed by atoms with van der Waals surface area (Å²) >= 11 is 0. The van der Waals surface area contributed by atoms with Crippen LogP contribution in [0, 0.1) is 0 Å². The largest absolute Gasteiger partial charge is 0.313 e. The van der Waals surface area contributed by atoms with Gasteiger partial charge in [-0.25, -0.2) is 0 Å². The molecule has 0 saturated heterocycles. The number of benzene rings is 1. The van der Waals surface area contributed by atoms with Crippen molar-refractivity contribution in [3.8, 4) is 0 Å². The van der Waals surface area contributed by atoms with Gasteiger partial charge in [-0.2, -0.15) is 0 Å². The Kier molecular flexibility index (Phi) is 2.64. The summed E-state index contributed by atoms with van der Waals surface area (Å²) in [5.74, 6) is 0. The molecule has 1 atom stereocenters. The Bertz CT molecular complexity index is 509. The molecule has 17 heavy (non-hydrogen) atoms. The summed E-state index contributed by atoms with van der Waals surface area (Å²) in [4.78, 5) is 0. The number of likely N-dealkylation sites (N-methyl/N-ethyl adjacent to an activating group) is 1. The highest BCUT2D eigenvalue weighted by Gasteiger charge is 2.23. The van der Waals surface area contributed by atoms with E-state index in [9.17, 15) is 0 Å². The van der Waals surface area contributed by atoms with E-state index in [1.54, 1.807) is 5.56 Å². The lowest BCUT2D eigenvalue weighted by Crippen LogP contribution is -2.29. The quantitative estimate of drug-likeness (QED) is 0.816. The highest BCUT2D eigenvalue weighted by Crippen LogP contribution is 2.35. The van der Waals surface area contributed by atoms with E-state index in [2.05, 4.69) is 49.6 Å². The Morgan fingerprint density at radius 2 is 2.24 bits per heavy atom. The molecule has 1 aromatic carbocycles. The van der Waals surface area contributed by atoms with Crippen molar-refractivity contribution >= 4 is 5.57 Å². The van der Waals surface area contributed by atoms with E-state index in [0.29, 0.717) is 6.04 Å². The molecule has 1 heteroatoms. The third-order valence-corrected chi connectivity index (χ3v) is 3.98. The fourth-order valence-corrected chi connectivity index (χ4v) is 3.05. The first-order chi connectivity index (χ1) is 8.33. The normalized spacial score (nSPS) is 21.1. The van der Waals surface area contributed by atoms with Gasteiger partial charge in [-0.1, -0.05) is 37.3 Å². The van der Waals surface area contributed by atoms with Crippen LogP contribution in [0.3, 0.4) is 0 Å². The van der Waals surface area contributed by atoms with Crippen LogP contribution in [-0.2, 0) is 19.3 Å².